The van der Waals surface area contributed by atoms with Gasteiger partial charge in [-0.1, -0.05) is 11.6 Å². The van der Waals surface area contributed by atoms with Crippen molar-refractivity contribution in [2.24, 2.45) is 5.92 Å². The number of hydrogen-bond donors (Lipinski definition) is 0. The van der Waals surface area contributed by atoms with Crippen LogP contribution in [-0.2, 0) is 0 Å². The van der Waals surface area contributed by atoms with Crippen LogP contribution in [0, 0.1) is 17.2 Å². The fraction of sp³-hybridized carbons (Fsp3) is 0.385. The van der Waals surface area contributed by atoms with Gasteiger partial charge in [-0.3, -0.25) is 4.79 Å². The van der Waals surface area contributed by atoms with Gasteiger partial charge in [0.25, 0.3) is 5.91 Å². The number of rotatable bonds is 4. The predicted octanol–water partition coefficient (Wildman–Crippen LogP) is 2.58. The third kappa shape index (κ3) is 3.38. The minimum atomic E-state index is -0.218. The van der Waals surface area contributed by atoms with E-state index in [0.717, 1.165) is 0 Å². The molecule has 0 aliphatic rings. The summed E-state index contributed by atoms with van der Waals surface area (Å²) >= 11 is 5.88. The lowest BCUT2D eigenvalue weighted by atomic mass is 10.1. The summed E-state index contributed by atoms with van der Waals surface area (Å²) in [6.07, 6.45) is 0. The zero-order valence-electron chi connectivity index (χ0n) is 10.6. The molecule has 18 heavy (non-hydrogen) atoms. The maximum atomic E-state index is 12.2. The molecule has 0 aromatic heterocycles. The van der Waals surface area contributed by atoms with Gasteiger partial charge in [0.15, 0.2) is 0 Å². The van der Waals surface area contributed by atoms with E-state index >= 15 is 0 Å². The Morgan fingerprint density at radius 2 is 2.28 bits per heavy atom. The molecule has 0 heterocycles. The first-order valence-electron chi connectivity index (χ1n) is 5.48. The molecule has 0 saturated carbocycles. The van der Waals surface area contributed by atoms with Gasteiger partial charge in [-0.25, -0.2) is 0 Å². The van der Waals surface area contributed by atoms with Gasteiger partial charge in [0.1, 0.15) is 5.75 Å². The number of amides is 1. The molecule has 0 bridgehead atoms. The van der Waals surface area contributed by atoms with Gasteiger partial charge in [-0.15, -0.1) is 0 Å². The molecular formula is C13H15ClN2O2. The van der Waals surface area contributed by atoms with Crippen molar-refractivity contribution in [2.75, 3.05) is 20.7 Å². The fourth-order valence-corrected chi connectivity index (χ4v) is 1.76. The van der Waals surface area contributed by atoms with Gasteiger partial charge in [-0.2, -0.15) is 5.26 Å². The monoisotopic (exact) mass is 266 g/mol. The topological polar surface area (TPSA) is 53.3 Å². The Morgan fingerprint density at radius 3 is 2.83 bits per heavy atom. The SMILES string of the molecule is COc1ccc(Cl)cc1C(=O)N(C)CC(C)C#N. The molecule has 0 spiro atoms. The highest BCUT2D eigenvalue weighted by atomic mass is 35.5. The van der Waals surface area contributed by atoms with Crippen molar-refractivity contribution >= 4 is 17.5 Å². The van der Waals surface area contributed by atoms with Crippen LogP contribution in [0.25, 0.3) is 0 Å². The summed E-state index contributed by atoms with van der Waals surface area (Å²) in [7, 11) is 3.15. The zero-order chi connectivity index (χ0) is 13.7. The summed E-state index contributed by atoms with van der Waals surface area (Å²) < 4.78 is 5.13. The third-order valence-electron chi connectivity index (χ3n) is 2.51. The lowest BCUT2D eigenvalue weighted by molar-refractivity contribution is 0.0781. The minimum absolute atomic E-state index is 0.212. The smallest absolute Gasteiger partial charge is 0.257 e. The van der Waals surface area contributed by atoms with Gasteiger partial charge in [0.2, 0.25) is 0 Å². The van der Waals surface area contributed by atoms with E-state index in [1.54, 1.807) is 32.2 Å². The number of carbonyl (C=O) groups is 1. The highest BCUT2D eigenvalue weighted by Crippen LogP contribution is 2.23. The van der Waals surface area contributed by atoms with E-state index in [0.29, 0.717) is 22.9 Å². The quantitative estimate of drug-likeness (QED) is 0.842. The van der Waals surface area contributed by atoms with Gasteiger partial charge in [0, 0.05) is 18.6 Å². The van der Waals surface area contributed by atoms with Crippen LogP contribution in [0.15, 0.2) is 18.2 Å². The van der Waals surface area contributed by atoms with Crippen LogP contribution in [0.2, 0.25) is 5.02 Å². The standard InChI is InChI=1S/C13H15ClN2O2/c1-9(7-15)8-16(2)13(17)11-6-10(14)4-5-12(11)18-3/h4-6,9H,8H2,1-3H3. The maximum absolute atomic E-state index is 12.2. The normalized spacial score (nSPS) is 11.5. The average molecular weight is 267 g/mol. The molecule has 5 heteroatoms. The Morgan fingerprint density at radius 1 is 1.61 bits per heavy atom. The number of nitrogens with zero attached hydrogens (tertiary/aromatic N) is 2. The first kappa shape index (κ1) is 14.3. The van der Waals surface area contributed by atoms with E-state index in [1.165, 1.54) is 12.0 Å². The summed E-state index contributed by atoms with van der Waals surface area (Å²) in [6, 6.07) is 6.97. The highest BCUT2D eigenvalue weighted by molar-refractivity contribution is 6.31. The number of ether oxygens (including phenoxy) is 1. The van der Waals surface area contributed by atoms with Crippen LogP contribution in [0.1, 0.15) is 17.3 Å². The molecule has 1 rings (SSSR count). The number of hydrogen-bond acceptors (Lipinski definition) is 3. The van der Waals surface area contributed by atoms with Crippen LogP contribution in [0.4, 0.5) is 0 Å². The van der Waals surface area contributed by atoms with Crippen LogP contribution in [-0.4, -0.2) is 31.5 Å². The van der Waals surface area contributed by atoms with Crippen LogP contribution < -0.4 is 4.74 Å². The van der Waals surface area contributed by atoms with Crippen molar-refractivity contribution in [3.63, 3.8) is 0 Å². The number of carbonyl (C=O) groups excluding carboxylic acids is 1. The summed E-state index contributed by atoms with van der Waals surface area (Å²) in [4.78, 5) is 13.7. The van der Waals surface area contributed by atoms with Crippen molar-refractivity contribution in [1.29, 1.82) is 5.26 Å². The second kappa shape index (κ2) is 6.27. The number of benzene rings is 1. The molecule has 0 radical (unpaired) electrons. The Labute approximate surface area is 112 Å². The van der Waals surface area contributed by atoms with Crippen LogP contribution in [0.3, 0.4) is 0 Å². The van der Waals surface area contributed by atoms with Crippen LogP contribution in [0.5, 0.6) is 5.75 Å². The van der Waals surface area contributed by atoms with E-state index in [9.17, 15) is 4.79 Å². The number of nitriles is 1. The first-order chi connectivity index (χ1) is 8.49. The molecule has 1 unspecified atom stereocenters. The number of methoxy groups -OCH3 is 1. The summed E-state index contributed by atoms with van der Waals surface area (Å²) in [6.45, 7) is 2.13. The Kier molecular flexibility index (Phi) is 4.99. The van der Waals surface area contributed by atoms with E-state index in [4.69, 9.17) is 21.6 Å². The van der Waals surface area contributed by atoms with Crippen molar-refractivity contribution in [3.05, 3.63) is 28.8 Å². The average Bonchev–Trinajstić information content (AvgIpc) is 2.37. The summed E-state index contributed by atoms with van der Waals surface area (Å²) in [5.74, 6) is 0.0430. The molecule has 0 aliphatic heterocycles. The van der Waals surface area contributed by atoms with Gasteiger partial charge >= 0.3 is 0 Å². The molecule has 1 amide bonds. The van der Waals surface area contributed by atoms with E-state index < -0.39 is 0 Å². The number of halogens is 1. The molecule has 0 N–H and O–H groups in total. The second-order valence-corrected chi connectivity index (χ2v) is 4.50. The molecule has 0 aliphatic carbocycles. The lowest BCUT2D eigenvalue weighted by Crippen LogP contribution is -2.30. The highest BCUT2D eigenvalue weighted by Gasteiger charge is 2.18. The molecule has 1 aromatic rings. The zero-order valence-corrected chi connectivity index (χ0v) is 11.4. The largest absolute Gasteiger partial charge is 0.496 e. The molecule has 1 aromatic carbocycles. The lowest BCUT2D eigenvalue weighted by Gasteiger charge is -2.19. The van der Waals surface area contributed by atoms with Crippen LogP contribution >= 0.6 is 11.6 Å². The Hall–Kier alpha value is -1.73. The molecule has 4 nitrogen and oxygen atoms in total. The van der Waals surface area contributed by atoms with Crippen molar-refractivity contribution < 1.29 is 9.53 Å². The molecule has 1 atom stereocenters. The van der Waals surface area contributed by atoms with Gasteiger partial charge in [-0.05, 0) is 25.1 Å². The summed E-state index contributed by atoms with van der Waals surface area (Å²) in [5.41, 5.74) is 0.401. The van der Waals surface area contributed by atoms with Crippen molar-refractivity contribution in [1.82, 2.24) is 4.90 Å². The van der Waals surface area contributed by atoms with E-state index in [1.807, 2.05) is 0 Å². The van der Waals surface area contributed by atoms with E-state index in [2.05, 4.69) is 6.07 Å². The third-order valence-corrected chi connectivity index (χ3v) is 2.74. The Bertz CT molecular complexity index is 482. The Balaban J connectivity index is 2.96. The fourth-order valence-electron chi connectivity index (χ4n) is 1.59. The van der Waals surface area contributed by atoms with Crippen molar-refractivity contribution in [2.45, 2.75) is 6.92 Å². The van der Waals surface area contributed by atoms with Crippen molar-refractivity contribution in [3.8, 4) is 11.8 Å². The molecule has 0 saturated heterocycles. The van der Waals surface area contributed by atoms with E-state index in [-0.39, 0.29) is 11.8 Å². The molecule has 96 valence electrons. The predicted molar refractivity (Wildman–Crippen MR) is 69.7 cm³/mol. The minimum Gasteiger partial charge on any atom is -0.496 e. The second-order valence-electron chi connectivity index (χ2n) is 4.06. The maximum Gasteiger partial charge on any atom is 0.257 e. The molecule has 0 fully saturated rings. The van der Waals surface area contributed by atoms with Gasteiger partial charge in [0.05, 0.1) is 24.7 Å². The van der Waals surface area contributed by atoms with Gasteiger partial charge < -0.3 is 9.64 Å². The molecular weight excluding hydrogens is 252 g/mol. The summed E-state index contributed by atoms with van der Waals surface area (Å²) in [5, 5.41) is 9.22. The first-order valence-corrected chi connectivity index (χ1v) is 5.86.